The van der Waals surface area contributed by atoms with Gasteiger partial charge in [-0.3, -0.25) is 9.80 Å². The number of phenolic OH excluding ortho intramolecular Hbond substituents is 1. The maximum atomic E-state index is 10.8. The number of methoxy groups -OCH3 is 7. The monoisotopic (exact) mass is 712 g/mol. The predicted molar refractivity (Wildman–Crippen MR) is 198 cm³/mol. The Morgan fingerprint density at radius 1 is 0.615 bits per heavy atom. The van der Waals surface area contributed by atoms with Crippen molar-refractivity contribution in [3.8, 4) is 68.6 Å². The molecule has 0 amide bonds. The Morgan fingerprint density at radius 3 is 1.92 bits per heavy atom. The van der Waals surface area contributed by atoms with Crippen LogP contribution in [0.4, 0.5) is 0 Å². The lowest BCUT2D eigenvalue weighted by atomic mass is 9.76. The third-order valence-electron chi connectivity index (χ3n) is 11.0. The average Bonchev–Trinajstić information content (AvgIpc) is 3.16. The number of rotatable bonds is 11. The highest BCUT2D eigenvalue weighted by Gasteiger charge is 2.40. The van der Waals surface area contributed by atoms with E-state index in [0.29, 0.717) is 52.4 Å². The third-order valence-corrected chi connectivity index (χ3v) is 11.0. The summed E-state index contributed by atoms with van der Waals surface area (Å²) in [6, 6.07) is 11.8. The molecule has 7 rings (SSSR count). The molecule has 52 heavy (non-hydrogen) atoms. The molecule has 0 saturated heterocycles. The van der Waals surface area contributed by atoms with E-state index in [-0.39, 0.29) is 17.8 Å². The number of nitrogens with zero attached hydrogens (tertiary/aromatic N) is 2. The van der Waals surface area contributed by atoms with Gasteiger partial charge in [-0.15, -0.1) is 0 Å². The highest BCUT2D eigenvalue weighted by atomic mass is 16.5. The molecule has 0 fully saturated rings. The first-order valence-electron chi connectivity index (χ1n) is 17.5. The molecule has 0 radical (unpaired) electrons. The molecular formula is C41H48N2O9. The van der Waals surface area contributed by atoms with Crippen LogP contribution in [0.15, 0.2) is 36.4 Å². The van der Waals surface area contributed by atoms with Crippen molar-refractivity contribution in [1.82, 2.24) is 9.80 Å². The minimum atomic E-state index is -0.0431. The summed E-state index contributed by atoms with van der Waals surface area (Å²) in [5.74, 6) is 5.47. The van der Waals surface area contributed by atoms with Crippen molar-refractivity contribution >= 4 is 0 Å². The van der Waals surface area contributed by atoms with E-state index in [9.17, 15) is 5.11 Å². The van der Waals surface area contributed by atoms with Gasteiger partial charge in [-0.25, -0.2) is 0 Å². The Balaban J connectivity index is 1.35. The first kappa shape index (κ1) is 35.4. The maximum Gasteiger partial charge on any atom is 0.204 e. The number of hydrogen-bond donors (Lipinski definition) is 1. The minimum Gasteiger partial charge on any atom is -0.504 e. The molecule has 4 aromatic rings. The van der Waals surface area contributed by atoms with Crippen LogP contribution in [0.3, 0.4) is 0 Å². The summed E-state index contributed by atoms with van der Waals surface area (Å²) in [5, 5.41) is 10.8. The topological polar surface area (TPSA) is 101 Å². The molecule has 11 nitrogen and oxygen atoms in total. The highest BCUT2D eigenvalue weighted by Crippen LogP contribution is 2.58. The van der Waals surface area contributed by atoms with Crippen LogP contribution in [0.1, 0.15) is 45.5 Å². The normalized spacial score (nSPS) is 17.7. The Morgan fingerprint density at radius 2 is 1.25 bits per heavy atom. The van der Waals surface area contributed by atoms with E-state index in [4.69, 9.17) is 37.9 Å². The molecule has 0 aromatic heterocycles. The summed E-state index contributed by atoms with van der Waals surface area (Å²) < 4.78 is 47.8. The van der Waals surface area contributed by atoms with Crippen molar-refractivity contribution in [1.29, 1.82) is 0 Å². The molecule has 0 unspecified atom stereocenters. The molecule has 11 heteroatoms. The van der Waals surface area contributed by atoms with E-state index in [1.807, 2.05) is 30.3 Å². The van der Waals surface area contributed by atoms with E-state index in [1.165, 1.54) is 5.56 Å². The Kier molecular flexibility index (Phi) is 9.67. The van der Waals surface area contributed by atoms with Crippen molar-refractivity contribution < 1.29 is 43.0 Å². The summed E-state index contributed by atoms with van der Waals surface area (Å²) in [6.07, 6.45) is 3.04. The molecule has 2 aliphatic heterocycles. The second-order valence-electron chi connectivity index (χ2n) is 13.6. The fourth-order valence-electron chi connectivity index (χ4n) is 8.36. The van der Waals surface area contributed by atoms with Crippen LogP contribution < -0.4 is 37.9 Å². The van der Waals surface area contributed by atoms with E-state index in [2.05, 4.69) is 30.0 Å². The largest absolute Gasteiger partial charge is 0.504 e. The highest BCUT2D eigenvalue weighted by molar-refractivity contribution is 5.87. The van der Waals surface area contributed by atoms with Gasteiger partial charge in [0.05, 0.1) is 49.8 Å². The summed E-state index contributed by atoms with van der Waals surface area (Å²) in [6.45, 7) is 1.74. The number of phenols is 1. The van der Waals surface area contributed by atoms with Gasteiger partial charge in [-0.05, 0) is 97.9 Å². The van der Waals surface area contributed by atoms with E-state index in [0.717, 1.165) is 77.0 Å². The first-order chi connectivity index (χ1) is 25.2. The average molecular weight is 713 g/mol. The standard InChI is InChI=1S/C41H48N2O9/c1-42-12-10-22-16-32(45-3)30(44)19-26(22)28(42)15-24-18-33(46-4)35(48-6)21-31(24)52-36-17-23-14-29-37-25(11-13-43(29)2)39(49-7)41(51-9)40(50-8)38(37)27(23)20-34(36)47-5/h16-21,28-29,44H,10-15H2,1-9H3/t28-,29+/m0/s1. The van der Waals surface area contributed by atoms with Crippen LogP contribution in [-0.4, -0.2) is 91.9 Å². The molecular weight excluding hydrogens is 664 g/mol. The SMILES string of the molecule is COc1cc2c(cc1O)[C@H](Cc1cc(OC)c(OC)cc1Oc1cc3c(cc1OC)-c1c(OC)c(OC)c(OC)c4c1[C@@H](C3)N(C)CC4)N(C)CC2. The predicted octanol–water partition coefficient (Wildman–Crippen LogP) is 6.77. The smallest absolute Gasteiger partial charge is 0.204 e. The Bertz CT molecular complexity index is 2010. The van der Waals surface area contributed by atoms with Crippen molar-refractivity contribution in [2.24, 2.45) is 0 Å². The number of benzene rings is 4. The van der Waals surface area contributed by atoms with Gasteiger partial charge in [0.1, 0.15) is 5.75 Å². The number of ether oxygens (including phenoxy) is 8. The summed E-state index contributed by atoms with van der Waals surface area (Å²) >= 11 is 0. The van der Waals surface area contributed by atoms with Gasteiger partial charge in [-0.2, -0.15) is 0 Å². The number of fused-ring (bicyclic) bond motifs is 3. The van der Waals surface area contributed by atoms with Crippen molar-refractivity contribution in [3.05, 3.63) is 69.8 Å². The molecule has 2 atom stereocenters. The second kappa shape index (κ2) is 14.2. The second-order valence-corrected chi connectivity index (χ2v) is 13.6. The number of hydrogen-bond acceptors (Lipinski definition) is 11. The maximum absolute atomic E-state index is 10.8. The number of aromatic hydroxyl groups is 1. The zero-order valence-corrected chi connectivity index (χ0v) is 31.5. The van der Waals surface area contributed by atoms with Crippen LogP contribution in [-0.2, 0) is 25.7 Å². The molecule has 1 aliphatic carbocycles. The Hall–Kier alpha value is -5.00. The zero-order valence-electron chi connectivity index (χ0n) is 31.5. The van der Waals surface area contributed by atoms with Gasteiger partial charge in [-0.1, -0.05) is 0 Å². The lowest BCUT2D eigenvalue weighted by molar-refractivity contribution is 0.222. The van der Waals surface area contributed by atoms with Crippen LogP contribution in [0.25, 0.3) is 11.1 Å². The lowest BCUT2D eigenvalue weighted by Crippen LogP contribution is -2.36. The van der Waals surface area contributed by atoms with Crippen molar-refractivity contribution in [2.45, 2.75) is 37.8 Å². The molecule has 4 aromatic carbocycles. The molecule has 2 heterocycles. The molecule has 0 spiro atoms. The molecule has 3 aliphatic rings. The van der Waals surface area contributed by atoms with E-state index in [1.54, 1.807) is 49.8 Å². The van der Waals surface area contributed by atoms with Gasteiger partial charge in [0, 0.05) is 47.9 Å². The van der Waals surface area contributed by atoms with Gasteiger partial charge < -0.3 is 43.0 Å². The molecule has 276 valence electrons. The van der Waals surface area contributed by atoms with E-state index < -0.39 is 0 Å². The third kappa shape index (κ3) is 5.76. The summed E-state index contributed by atoms with van der Waals surface area (Å²) in [7, 11) is 15.7. The molecule has 0 bridgehead atoms. The van der Waals surface area contributed by atoms with Crippen LogP contribution in [0.5, 0.6) is 57.5 Å². The first-order valence-corrected chi connectivity index (χ1v) is 17.5. The van der Waals surface area contributed by atoms with Gasteiger partial charge in [0.25, 0.3) is 0 Å². The van der Waals surface area contributed by atoms with Crippen LogP contribution >= 0.6 is 0 Å². The fourth-order valence-corrected chi connectivity index (χ4v) is 8.36. The minimum absolute atomic E-state index is 0.0431. The van der Waals surface area contributed by atoms with E-state index >= 15 is 0 Å². The van der Waals surface area contributed by atoms with Crippen molar-refractivity contribution in [3.63, 3.8) is 0 Å². The van der Waals surface area contributed by atoms with Crippen molar-refractivity contribution in [2.75, 3.05) is 77.0 Å². The van der Waals surface area contributed by atoms with Gasteiger partial charge >= 0.3 is 0 Å². The zero-order chi connectivity index (χ0) is 36.8. The molecule has 0 saturated carbocycles. The quantitative estimate of drug-likeness (QED) is 0.178. The summed E-state index contributed by atoms with van der Waals surface area (Å²) in [5.41, 5.74) is 8.57. The fraction of sp³-hybridized carbons (Fsp3) is 0.415. The summed E-state index contributed by atoms with van der Waals surface area (Å²) in [4.78, 5) is 4.69. The van der Waals surface area contributed by atoms with Gasteiger partial charge in [0.2, 0.25) is 5.75 Å². The van der Waals surface area contributed by atoms with Gasteiger partial charge in [0.15, 0.2) is 46.0 Å². The van der Waals surface area contributed by atoms with Crippen LogP contribution in [0, 0.1) is 0 Å². The Labute approximate surface area is 305 Å². The van der Waals surface area contributed by atoms with Crippen LogP contribution in [0.2, 0.25) is 0 Å². The molecule has 1 N–H and O–H groups in total. The lowest BCUT2D eigenvalue weighted by Gasteiger charge is -2.41. The number of likely N-dealkylation sites (N-methyl/N-ethyl adjacent to an activating group) is 2.